The zero-order valence-electron chi connectivity index (χ0n) is 9.72. The molecule has 0 amide bonds. The fraction of sp³-hybridized carbons (Fsp3) is 0.833. The SMILES string of the molecule is C=CCCCCCNC(C)CCOC. The number of ether oxygens (including phenoxy) is 1. The summed E-state index contributed by atoms with van der Waals surface area (Å²) in [6.07, 6.45) is 8.09. The van der Waals surface area contributed by atoms with Crippen LogP contribution in [0.1, 0.15) is 39.0 Å². The molecule has 1 unspecified atom stereocenters. The van der Waals surface area contributed by atoms with Crippen molar-refractivity contribution in [1.82, 2.24) is 5.32 Å². The van der Waals surface area contributed by atoms with Crippen molar-refractivity contribution in [1.29, 1.82) is 0 Å². The van der Waals surface area contributed by atoms with Gasteiger partial charge in [0, 0.05) is 19.8 Å². The average molecular weight is 199 g/mol. The monoisotopic (exact) mass is 199 g/mol. The molecule has 2 heteroatoms. The molecule has 0 aromatic carbocycles. The smallest absolute Gasteiger partial charge is 0.0476 e. The van der Waals surface area contributed by atoms with Crippen LogP contribution in [-0.2, 0) is 4.74 Å². The molecule has 2 nitrogen and oxygen atoms in total. The Labute approximate surface area is 88.7 Å². The van der Waals surface area contributed by atoms with Crippen molar-refractivity contribution in [3.63, 3.8) is 0 Å². The molecule has 0 aromatic heterocycles. The molecule has 0 aliphatic carbocycles. The summed E-state index contributed by atoms with van der Waals surface area (Å²) in [5.41, 5.74) is 0. The summed E-state index contributed by atoms with van der Waals surface area (Å²) >= 11 is 0. The topological polar surface area (TPSA) is 21.3 Å². The molecule has 0 aliphatic heterocycles. The van der Waals surface area contributed by atoms with Crippen LogP contribution in [0.3, 0.4) is 0 Å². The molecule has 0 spiro atoms. The molecular weight excluding hydrogens is 174 g/mol. The van der Waals surface area contributed by atoms with Gasteiger partial charge in [-0.05, 0) is 39.2 Å². The maximum Gasteiger partial charge on any atom is 0.0476 e. The predicted octanol–water partition coefficient (Wildman–Crippen LogP) is 2.75. The molecule has 1 N–H and O–H groups in total. The Morgan fingerprint density at radius 3 is 2.79 bits per heavy atom. The lowest BCUT2D eigenvalue weighted by Crippen LogP contribution is -2.28. The normalized spacial score (nSPS) is 12.7. The second-order valence-corrected chi connectivity index (χ2v) is 3.77. The number of unbranched alkanes of at least 4 members (excludes halogenated alkanes) is 3. The van der Waals surface area contributed by atoms with Gasteiger partial charge in [0.05, 0.1) is 0 Å². The van der Waals surface area contributed by atoms with Crippen LogP contribution in [-0.4, -0.2) is 26.3 Å². The quantitative estimate of drug-likeness (QED) is 0.431. The number of hydrogen-bond donors (Lipinski definition) is 1. The molecule has 0 aromatic rings. The van der Waals surface area contributed by atoms with Gasteiger partial charge < -0.3 is 10.1 Å². The van der Waals surface area contributed by atoms with E-state index < -0.39 is 0 Å². The molecule has 0 saturated carbocycles. The van der Waals surface area contributed by atoms with Crippen molar-refractivity contribution >= 4 is 0 Å². The fourth-order valence-electron chi connectivity index (χ4n) is 1.34. The van der Waals surface area contributed by atoms with Crippen LogP contribution >= 0.6 is 0 Å². The highest BCUT2D eigenvalue weighted by atomic mass is 16.5. The van der Waals surface area contributed by atoms with Gasteiger partial charge in [-0.2, -0.15) is 0 Å². The van der Waals surface area contributed by atoms with Gasteiger partial charge in [-0.25, -0.2) is 0 Å². The van der Waals surface area contributed by atoms with E-state index in [2.05, 4.69) is 18.8 Å². The van der Waals surface area contributed by atoms with Crippen molar-refractivity contribution in [2.45, 2.75) is 45.1 Å². The van der Waals surface area contributed by atoms with Gasteiger partial charge in [0.15, 0.2) is 0 Å². The molecular formula is C12H25NO. The number of rotatable bonds is 10. The highest BCUT2D eigenvalue weighted by molar-refractivity contribution is 4.66. The third-order valence-corrected chi connectivity index (χ3v) is 2.33. The molecule has 0 saturated heterocycles. The van der Waals surface area contributed by atoms with Gasteiger partial charge in [0.25, 0.3) is 0 Å². The Morgan fingerprint density at radius 1 is 1.36 bits per heavy atom. The summed E-state index contributed by atoms with van der Waals surface area (Å²) in [4.78, 5) is 0. The van der Waals surface area contributed by atoms with Crippen molar-refractivity contribution in [3.05, 3.63) is 12.7 Å². The lowest BCUT2D eigenvalue weighted by Gasteiger charge is -2.12. The van der Waals surface area contributed by atoms with E-state index in [1.165, 1.54) is 19.3 Å². The molecule has 0 radical (unpaired) electrons. The summed E-state index contributed by atoms with van der Waals surface area (Å²) in [6.45, 7) is 7.90. The van der Waals surface area contributed by atoms with Gasteiger partial charge >= 0.3 is 0 Å². The zero-order valence-corrected chi connectivity index (χ0v) is 9.72. The van der Waals surface area contributed by atoms with Crippen LogP contribution in [0.15, 0.2) is 12.7 Å². The van der Waals surface area contributed by atoms with E-state index in [1.807, 2.05) is 6.08 Å². The maximum atomic E-state index is 5.02. The summed E-state index contributed by atoms with van der Waals surface area (Å²) in [5, 5.41) is 3.49. The van der Waals surface area contributed by atoms with E-state index in [9.17, 15) is 0 Å². The van der Waals surface area contributed by atoms with Crippen LogP contribution in [0.4, 0.5) is 0 Å². The van der Waals surface area contributed by atoms with E-state index in [4.69, 9.17) is 4.74 Å². The van der Waals surface area contributed by atoms with Crippen LogP contribution in [0.5, 0.6) is 0 Å². The van der Waals surface area contributed by atoms with Gasteiger partial charge in [-0.15, -0.1) is 6.58 Å². The number of allylic oxidation sites excluding steroid dienone is 1. The maximum absolute atomic E-state index is 5.02. The third kappa shape index (κ3) is 9.75. The Hall–Kier alpha value is -0.340. The van der Waals surface area contributed by atoms with Crippen LogP contribution in [0.2, 0.25) is 0 Å². The van der Waals surface area contributed by atoms with Crippen molar-refractivity contribution in [2.24, 2.45) is 0 Å². The second-order valence-electron chi connectivity index (χ2n) is 3.77. The highest BCUT2D eigenvalue weighted by Crippen LogP contribution is 1.99. The van der Waals surface area contributed by atoms with Gasteiger partial charge in [0.1, 0.15) is 0 Å². The first-order chi connectivity index (χ1) is 6.81. The lowest BCUT2D eigenvalue weighted by atomic mass is 10.2. The fourth-order valence-corrected chi connectivity index (χ4v) is 1.34. The standard InChI is InChI=1S/C12H25NO/c1-4-5-6-7-8-10-13-12(2)9-11-14-3/h4,12-13H,1,5-11H2,2-3H3. The Balaban J connectivity index is 3.06. The minimum atomic E-state index is 0.578. The molecule has 0 heterocycles. The van der Waals surface area contributed by atoms with Crippen molar-refractivity contribution in [2.75, 3.05) is 20.3 Å². The number of methoxy groups -OCH3 is 1. The minimum absolute atomic E-state index is 0.578. The van der Waals surface area contributed by atoms with Crippen LogP contribution < -0.4 is 5.32 Å². The van der Waals surface area contributed by atoms with Crippen molar-refractivity contribution < 1.29 is 4.74 Å². The van der Waals surface area contributed by atoms with Gasteiger partial charge in [-0.1, -0.05) is 12.5 Å². The van der Waals surface area contributed by atoms with E-state index in [-0.39, 0.29) is 0 Å². The van der Waals surface area contributed by atoms with Gasteiger partial charge in [0.2, 0.25) is 0 Å². The molecule has 1 atom stereocenters. The van der Waals surface area contributed by atoms with E-state index in [0.717, 1.165) is 26.0 Å². The zero-order chi connectivity index (χ0) is 10.6. The lowest BCUT2D eigenvalue weighted by molar-refractivity contribution is 0.185. The van der Waals surface area contributed by atoms with Crippen molar-refractivity contribution in [3.8, 4) is 0 Å². The van der Waals surface area contributed by atoms with E-state index in [1.54, 1.807) is 7.11 Å². The Bertz CT molecular complexity index is 125. The van der Waals surface area contributed by atoms with Gasteiger partial charge in [-0.3, -0.25) is 0 Å². The van der Waals surface area contributed by atoms with E-state index in [0.29, 0.717) is 6.04 Å². The molecule has 0 fully saturated rings. The predicted molar refractivity (Wildman–Crippen MR) is 62.6 cm³/mol. The second kappa shape index (κ2) is 10.7. The van der Waals surface area contributed by atoms with Crippen LogP contribution in [0.25, 0.3) is 0 Å². The average Bonchev–Trinajstić information content (AvgIpc) is 2.20. The highest BCUT2D eigenvalue weighted by Gasteiger charge is 1.99. The molecule has 0 aliphatic rings. The molecule has 0 rings (SSSR count). The Kier molecular flexibility index (Phi) is 10.5. The largest absolute Gasteiger partial charge is 0.385 e. The summed E-state index contributed by atoms with van der Waals surface area (Å²) in [5.74, 6) is 0. The summed E-state index contributed by atoms with van der Waals surface area (Å²) in [6, 6.07) is 0.578. The third-order valence-electron chi connectivity index (χ3n) is 2.33. The first kappa shape index (κ1) is 13.7. The Morgan fingerprint density at radius 2 is 2.14 bits per heavy atom. The molecule has 0 bridgehead atoms. The van der Waals surface area contributed by atoms with E-state index >= 15 is 0 Å². The first-order valence-electron chi connectivity index (χ1n) is 5.64. The summed E-state index contributed by atoms with van der Waals surface area (Å²) < 4.78 is 5.02. The minimum Gasteiger partial charge on any atom is -0.385 e. The molecule has 84 valence electrons. The van der Waals surface area contributed by atoms with Crippen LogP contribution in [0, 0.1) is 0 Å². The first-order valence-corrected chi connectivity index (χ1v) is 5.64. The summed E-state index contributed by atoms with van der Waals surface area (Å²) in [7, 11) is 1.75. The number of hydrogen-bond acceptors (Lipinski definition) is 2. The number of nitrogens with one attached hydrogen (secondary N) is 1. The molecule has 14 heavy (non-hydrogen) atoms.